The molecule has 1 aliphatic carbocycles. The van der Waals surface area contributed by atoms with Crippen LogP contribution >= 0.6 is 12.2 Å². The molecule has 1 aromatic rings. The Morgan fingerprint density at radius 3 is 2.52 bits per heavy atom. The molecule has 4 aliphatic rings. The van der Waals surface area contributed by atoms with Gasteiger partial charge in [0.05, 0.1) is 23.9 Å². The van der Waals surface area contributed by atoms with Gasteiger partial charge in [0.1, 0.15) is 18.3 Å². The van der Waals surface area contributed by atoms with Gasteiger partial charge in [0.25, 0.3) is 0 Å². The molecule has 3 saturated heterocycles. The van der Waals surface area contributed by atoms with Crippen LogP contribution in [0.1, 0.15) is 45.1 Å². The third-order valence-corrected chi connectivity index (χ3v) is 6.69. The molecule has 7 nitrogen and oxygen atoms in total. The van der Waals surface area contributed by atoms with Gasteiger partial charge in [-0.1, -0.05) is 12.1 Å². The summed E-state index contributed by atoms with van der Waals surface area (Å²) in [6, 6.07) is 4.67. The highest BCUT2D eigenvalue weighted by molar-refractivity contribution is 7.80. The number of hydrogen-bond acceptors (Lipinski definition) is 6. The fourth-order valence-electron chi connectivity index (χ4n) is 5.08. The minimum absolute atomic E-state index is 0.0220. The molecule has 0 amide bonds. The van der Waals surface area contributed by atoms with Crippen LogP contribution in [0.5, 0.6) is 0 Å². The van der Waals surface area contributed by atoms with E-state index in [1.807, 2.05) is 0 Å². The fourth-order valence-corrected chi connectivity index (χ4v) is 5.33. The molecule has 33 heavy (non-hydrogen) atoms. The van der Waals surface area contributed by atoms with Gasteiger partial charge >= 0.3 is 6.18 Å². The topological polar surface area (TPSA) is 70.2 Å². The molecule has 5 rings (SSSR count). The van der Waals surface area contributed by atoms with Crippen molar-refractivity contribution in [1.29, 1.82) is 0 Å². The van der Waals surface area contributed by atoms with E-state index in [-0.39, 0.29) is 16.9 Å². The molecule has 3 aliphatic heterocycles. The second kappa shape index (κ2) is 8.31. The molecule has 2 N–H and O–H groups in total. The van der Waals surface area contributed by atoms with Crippen LogP contribution in [-0.4, -0.2) is 53.9 Å². The summed E-state index contributed by atoms with van der Waals surface area (Å²) in [4.78, 5) is 0. The second-order valence-corrected chi connectivity index (χ2v) is 9.73. The fraction of sp³-hybridized carbons (Fsp3) is 0.682. The number of benzene rings is 1. The lowest BCUT2D eigenvalue weighted by molar-refractivity contribution is -0.226. The summed E-state index contributed by atoms with van der Waals surface area (Å²) in [5, 5.41) is 5.81. The van der Waals surface area contributed by atoms with E-state index in [4.69, 9.17) is 35.9 Å². The molecule has 182 valence electrons. The molecule has 0 radical (unpaired) electrons. The maximum absolute atomic E-state index is 13.4. The summed E-state index contributed by atoms with van der Waals surface area (Å²) in [6.45, 7) is 3.90. The number of nitrogens with one attached hydrogen (secondary N) is 2. The number of anilines is 1. The number of para-hydroxylation sites is 1. The van der Waals surface area contributed by atoms with E-state index in [9.17, 15) is 13.2 Å². The summed E-state index contributed by atoms with van der Waals surface area (Å²) in [7, 11) is 0. The number of hydrogen-bond donors (Lipinski definition) is 2. The Hall–Kier alpha value is -1.50. The summed E-state index contributed by atoms with van der Waals surface area (Å²) in [5.74, 6) is -1.44. The van der Waals surface area contributed by atoms with E-state index in [1.54, 1.807) is 13.8 Å². The molecule has 5 atom stereocenters. The summed E-state index contributed by atoms with van der Waals surface area (Å²) in [5.41, 5.74) is -0.938. The van der Waals surface area contributed by atoms with Crippen LogP contribution in [-0.2, 0) is 29.9 Å². The Morgan fingerprint density at radius 2 is 1.79 bits per heavy atom. The number of alkyl halides is 3. The van der Waals surface area contributed by atoms with Gasteiger partial charge in [-0.25, -0.2) is 0 Å². The van der Waals surface area contributed by atoms with Gasteiger partial charge in [-0.15, -0.1) is 0 Å². The Kier molecular flexibility index (Phi) is 5.86. The van der Waals surface area contributed by atoms with Crippen molar-refractivity contribution in [2.45, 2.75) is 87.9 Å². The highest BCUT2D eigenvalue weighted by Crippen LogP contribution is 2.44. The summed E-state index contributed by atoms with van der Waals surface area (Å²) < 4.78 is 70.6. The van der Waals surface area contributed by atoms with Crippen molar-refractivity contribution in [1.82, 2.24) is 5.32 Å². The van der Waals surface area contributed by atoms with Crippen molar-refractivity contribution in [3.05, 3.63) is 29.8 Å². The predicted octanol–water partition coefficient (Wildman–Crippen LogP) is 3.92. The first-order chi connectivity index (χ1) is 15.6. The number of thiocarbonyl (C=S) groups is 1. The Morgan fingerprint density at radius 1 is 1.06 bits per heavy atom. The van der Waals surface area contributed by atoms with Crippen molar-refractivity contribution in [3.8, 4) is 0 Å². The molecular formula is C22H27F3N2O5S. The SMILES string of the molecule is CC1(C)O[C@H]2O[C@H]([C@H]3COC4(CCCC4)O3)[C@@H](NC(=S)Nc3ccccc3C(F)(F)F)[C@H]2O1. The smallest absolute Gasteiger partial charge is 0.354 e. The Labute approximate surface area is 195 Å². The second-order valence-electron chi connectivity index (χ2n) is 9.32. The zero-order chi connectivity index (χ0) is 23.4. The summed E-state index contributed by atoms with van der Waals surface area (Å²) >= 11 is 5.39. The molecule has 1 saturated carbocycles. The average molecular weight is 489 g/mol. The molecule has 3 heterocycles. The maximum atomic E-state index is 13.4. The third-order valence-electron chi connectivity index (χ3n) is 6.47. The highest BCUT2D eigenvalue weighted by Gasteiger charge is 2.59. The first-order valence-corrected chi connectivity index (χ1v) is 11.5. The van der Waals surface area contributed by atoms with E-state index >= 15 is 0 Å². The lowest BCUT2D eigenvalue weighted by Gasteiger charge is -2.31. The lowest BCUT2D eigenvalue weighted by atomic mass is 10.0. The first kappa shape index (κ1) is 23.3. The minimum Gasteiger partial charge on any atom is -0.354 e. The van der Waals surface area contributed by atoms with Crippen LogP contribution in [0.2, 0.25) is 0 Å². The van der Waals surface area contributed by atoms with Gasteiger partial charge in [-0.2, -0.15) is 13.2 Å². The minimum atomic E-state index is -4.51. The Balaban J connectivity index is 1.33. The van der Waals surface area contributed by atoms with Crippen molar-refractivity contribution in [2.24, 2.45) is 0 Å². The van der Waals surface area contributed by atoms with E-state index in [1.165, 1.54) is 18.2 Å². The van der Waals surface area contributed by atoms with E-state index in [0.717, 1.165) is 31.7 Å². The van der Waals surface area contributed by atoms with Crippen LogP contribution < -0.4 is 10.6 Å². The van der Waals surface area contributed by atoms with Crippen LogP contribution in [0.25, 0.3) is 0 Å². The van der Waals surface area contributed by atoms with Crippen LogP contribution in [0.15, 0.2) is 24.3 Å². The maximum Gasteiger partial charge on any atom is 0.418 e. The van der Waals surface area contributed by atoms with Gasteiger partial charge in [0, 0.05) is 12.8 Å². The first-order valence-electron chi connectivity index (χ1n) is 11.1. The molecule has 1 aromatic carbocycles. The number of rotatable bonds is 3. The molecule has 0 aromatic heterocycles. The predicted molar refractivity (Wildman–Crippen MR) is 115 cm³/mol. The average Bonchev–Trinajstić information content (AvgIpc) is 3.48. The van der Waals surface area contributed by atoms with Crippen molar-refractivity contribution in [3.63, 3.8) is 0 Å². The molecular weight excluding hydrogens is 461 g/mol. The normalized spacial score (nSPS) is 34.5. The van der Waals surface area contributed by atoms with Gasteiger partial charge in [0.2, 0.25) is 0 Å². The van der Waals surface area contributed by atoms with Crippen molar-refractivity contribution < 1.29 is 36.9 Å². The standard InChI is InChI=1S/C22H27F3N2O5S/c1-20(2)31-17-15(27-19(33)26-13-8-4-3-7-12(13)22(23,24)25)16(29-18(17)32-20)14-11-28-21(30-14)9-5-6-10-21/h3-4,7-8,14-18H,5-6,9-11H2,1-2H3,(H2,26,27,33)/t14-,15-,16-,17-,18-/m1/s1. The highest BCUT2D eigenvalue weighted by atomic mass is 32.1. The van der Waals surface area contributed by atoms with E-state index in [2.05, 4.69) is 10.6 Å². The lowest BCUT2D eigenvalue weighted by Crippen LogP contribution is -2.53. The van der Waals surface area contributed by atoms with Crippen molar-refractivity contribution in [2.75, 3.05) is 11.9 Å². The molecule has 0 unspecified atom stereocenters. The zero-order valence-corrected chi connectivity index (χ0v) is 19.1. The zero-order valence-electron chi connectivity index (χ0n) is 18.3. The van der Waals surface area contributed by atoms with Gasteiger partial charge in [-0.05, 0) is 51.0 Å². The summed E-state index contributed by atoms with van der Waals surface area (Å²) in [6.07, 6.45) is -2.86. The van der Waals surface area contributed by atoms with E-state index < -0.39 is 47.9 Å². The third kappa shape index (κ3) is 4.59. The molecule has 0 bridgehead atoms. The molecule has 1 spiro atoms. The number of halogens is 3. The molecule has 4 fully saturated rings. The largest absolute Gasteiger partial charge is 0.418 e. The number of ether oxygens (including phenoxy) is 5. The van der Waals surface area contributed by atoms with Gasteiger partial charge in [-0.3, -0.25) is 0 Å². The van der Waals surface area contributed by atoms with Crippen LogP contribution in [0.4, 0.5) is 18.9 Å². The van der Waals surface area contributed by atoms with Gasteiger partial charge in [0.15, 0.2) is 23.0 Å². The quantitative estimate of drug-likeness (QED) is 0.621. The van der Waals surface area contributed by atoms with Crippen LogP contribution in [0, 0.1) is 0 Å². The van der Waals surface area contributed by atoms with E-state index in [0.29, 0.717) is 6.61 Å². The molecule has 11 heteroatoms. The Bertz CT molecular complexity index is 908. The number of fused-ring (bicyclic) bond motifs is 1. The van der Waals surface area contributed by atoms with Gasteiger partial charge < -0.3 is 34.3 Å². The monoisotopic (exact) mass is 488 g/mol. The van der Waals surface area contributed by atoms with Crippen LogP contribution in [0.3, 0.4) is 0 Å². The van der Waals surface area contributed by atoms with Crippen molar-refractivity contribution >= 4 is 23.0 Å².